The van der Waals surface area contributed by atoms with E-state index in [0.717, 1.165) is 0 Å². The standard InChI is InChI=1S/C13H23N5O3S/c1-16(2)5-10-6-18(22(4,20)21)8-11(10)15-13(19)12-7-17(3)9-14-12/h7,9-11H,5-6,8H2,1-4H3,(H,15,19)/t10-,11-/m1/s1. The van der Waals surface area contributed by atoms with Gasteiger partial charge in [0.1, 0.15) is 5.69 Å². The van der Waals surface area contributed by atoms with E-state index in [2.05, 4.69) is 10.3 Å². The van der Waals surface area contributed by atoms with E-state index in [1.54, 1.807) is 24.1 Å². The van der Waals surface area contributed by atoms with Crippen molar-refractivity contribution in [1.29, 1.82) is 0 Å². The van der Waals surface area contributed by atoms with Crippen molar-refractivity contribution in [2.45, 2.75) is 6.04 Å². The quantitative estimate of drug-likeness (QED) is 0.746. The number of amides is 1. The number of hydrogen-bond acceptors (Lipinski definition) is 5. The van der Waals surface area contributed by atoms with Gasteiger partial charge in [0.2, 0.25) is 10.0 Å². The molecule has 0 aromatic carbocycles. The molecule has 0 aliphatic carbocycles. The molecule has 0 spiro atoms. The highest BCUT2D eigenvalue weighted by Crippen LogP contribution is 2.20. The average Bonchev–Trinajstić information content (AvgIpc) is 2.95. The molecule has 9 heteroatoms. The van der Waals surface area contributed by atoms with Gasteiger partial charge in [0.25, 0.3) is 5.91 Å². The van der Waals surface area contributed by atoms with Crippen LogP contribution in [0.1, 0.15) is 10.5 Å². The zero-order chi connectivity index (χ0) is 16.5. The molecule has 0 saturated carbocycles. The summed E-state index contributed by atoms with van der Waals surface area (Å²) >= 11 is 0. The molecule has 2 heterocycles. The normalized spacial score (nSPS) is 23.1. The van der Waals surface area contributed by atoms with Crippen molar-refractivity contribution >= 4 is 15.9 Å². The second kappa shape index (κ2) is 6.35. The van der Waals surface area contributed by atoms with Crippen molar-refractivity contribution in [1.82, 2.24) is 24.1 Å². The highest BCUT2D eigenvalue weighted by molar-refractivity contribution is 7.88. The van der Waals surface area contributed by atoms with Gasteiger partial charge in [-0.1, -0.05) is 0 Å². The van der Waals surface area contributed by atoms with Gasteiger partial charge in [0, 0.05) is 44.8 Å². The third kappa shape index (κ3) is 4.05. The van der Waals surface area contributed by atoms with Crippen LogP contribution in [0.15, 0.2) is 12.5 Å². The fourth-order valence-electron chi connectivity index (χ4n) is 2.69. The lowest BCUT2D eigenvalue weighted by atomic mass is 10.0. The number of imidazole rings is 1. The first-order valence-corrected chi connectivity index (χ1v) is 8.90. The van der Waals surface area contributed by atoms with Crippen molar-refractivity contribution < 1.29 is 13.2 Å². The van der Waals surface area contributed by atoms with E-state index in [1.807, 2.05) is 19.0 Å². The highest BCUT2D eigenvalue weighted by atomic mass is 32.2. The van der Waals surface area contributed by atoms with Crippen LogP contribution in [0.5, 0.6) is 0 Å². The van der Waals surface area contributed by atoms with E-state index in [1.165, 1.54) is 10.6 Å². The van der Waals surface area contributed by atoms with Crippen molar-refractivity contribution in [3.05, 3.63) is 18.2 Å². The largest absolute Gasteiger partial charge is 0.346 e. The second-order valence-corrected chi connectivity index (χ2v) is 8.09. The molecule has 124 valence electrons. The Morgan fingerprint density at radius 3 is 2.64 bits per heavy atom. The number of carbonyl (C=O) groups excluding carboxylic acids is 1. The fourth-order valence-corrected chi connectivity index (χ4v) is 3.59. The fraction of sp³-hybridized carbons (Fsp3) is 0.692. The SMILES string of the molecule is CN(C)C[C@@H]1CN(S(C)(=O)=O)C[C@H]1NC(=O)c1cn(C)cn1. The van der Waals surface area contributed by atoms with E-state index in [9.17, 15) is 13.2 Å². The second-order valence-electron chi connectivity index (χ2n) is 6.11. The Hall–Kier alpha value is -1.45. The van der Waals surface area contributed by atoms with Crippen molar-refractivity contribution in [2.75, 3.05) is 40.0 Å². The minimum Gasteiger partial charge on any atom is -0.346 e. The first-order valence-electron chi connectivity index (χ1n) is 7.05. The topological polar surface area (TPSA) is 87.5 Å². The van der Waals surface area contributed by atoms with Gasteiger partial charge in [-0.2, -0.15) is 4.31 Å². The molecular formula is C13H23N5O3S. The Morgan fingerprint density at radius 1 is 1.45 bits per heavy atom. The van der Waals surface area contributed by atoms with Gasteiger partial charge in [-0.15, -0.1) is 0 Å². The Kier molecular flexibility index (Phi) is 4.88. The van der Waals surface area contributed by atoms with Gasteiger partial charge >= 0.3 is 0 Å². The van der Waals surface area contributed by atoms with E-state index in [0.29, 0.717) is 25.3 Å². The maximum atomic E-state index is 12.2. The van der Waals surface area contributed by atoms with Crippen LogP contribution in [-0.4, -0.2) is 79.1 Å². The lowest BCUT2D eigenvalue weighted by Crippen LogP contribution is -2.43. The van der Waals surface area contributed by atoms with E-state index < -0.39 is 10.0 Å². The minimum absolute atomic E-state index is 0.0531. The number of nitrogens with one attached hydrogen (secondary N) is 1. The molecule has 1 aliphatic heterocycles. The zero-order valence-corrected chi connectivity index (χ0v) is 14.2. The molecule has 1 aromatic rings. The predicted octanol–water partition coefficient (Wildman–Crippen LogP) is -1.03. The Balaban J connectivity index is 2.10. The Morgan fingerprint density at radius 2 is 2.14 bits per heavy atom. The third-order valence-electron chi connectivity index (χ3n) is 3.73. The molecule has 0 radical (unpaired) electrons. The van der Waals surface area contributed by atoms with Gasteiger partial charge < -0.3 is 14.8 Å². The molecule has 1 saturated heterocycles. The maximum absolute atomic E-state index is 12.2. The molecule has 2 atom stereocenters. The number of rotatable bonds is 5. The monoisotopic (exact) mass is 329 g/mol. The number of sulfonamides is 1. The molecule has 2 rings (SSSR count). The summed E-state index contributed by atoms with van der Waals surface area (Å²) in [6.07, 6.45) is 4.39. The summed E-state index contributed by atoms with van der Waals surface area (Å²) in [5.74, 6) is -0.220. The molecule has 1 aliphatic rings. The van der Waals surface area contributed by atoms with E-state index in [4.69, 9.17) is 0 Å². The van der Waals surface area contributed by atoms with Gasteiger partial charge in [-0.3, -0.25) is 4.79 Å². The van der Waals surface area contributed by atoms with Crippen molar-refractivity contribution in [3.63, 3.8) is 0 Å². The summed E-state index contributed by atoms with van der Waals surface area (Å²) in [4.78, 5) is 18.2. The number of nitrogens with zero attached hydrogens (tertiary/aromatic N) is 4. The zero-order valence-electron chi connectivity index (χ0n) is 13.4. The summed E-state index contributed by atoms with van der Waals surface area (Å²) in [5, 5.41) is 2.92. The summed E-state index contributed by atoms with van der Waals surface area (Å²) in [6.45, 7) is 1.43. The van der Waals surface area contributed by atoms with Crippen LogP contribution in [0, 0.1) is 5.92 Å². The van der Waals surface area contributed by atoms with Crippen LogP contribution in [0.3, 0.4) is 0 Å². The lowest BCUT2D eigenvalue weighted by molar-refractivity contribution is 0.0922. The Bertz CT molecular complexity index is 640. The summed E-state index contributed by atoms with van der Waals surface area (Å²) in [6, 6.07) is -0.216. The number of carbonyl (C=O) groups is 1. The van der Waals surface area contributed by atoms with Crippen LogP contribution < -0.4 is 5.32 Å². The third-order valence-corrected chi connectivity index (χ3v) is 4.97. The number of aromatic nitrogens is 2. The minimum atomic E-state index is -3.26. The van der Waals surface area contributed by atoms with Crippen LogP contribution in [0.2, 0.25) is 0 Å². The average molecular weight is 329 g/mol. The molecule has 0 unspecified atom stereocenters. The molecule has 1 fully saturated rings. The number of aryl methyl sites for hydroxylation is 1. The van der Waals surface area contributed by atoms with Crippen molar-refractivity contribution in [3.8, 4) is 0 Å². The summed E-state index contributed by atoms with van der Waals surface area (Å²) in [5.41, 5.74) is 0.337. The molecular weight excluding hydrogens is 306 g/mol. The van der Waals surface area contributed by atoms with Crippen LogP contribution in [-0.2, 0) is 17.1 Å². The van der Waals surface area contributed by atoms with E-state index >= 15 is 0 Å². The van der Waals surface area contributed by atoms with Crippen LogP contribution in [0.25, 0.3) is 0 Å². The smallest absolute Gasteiger partial charge is 0.271 e. The molecule has 1 N–H and O–H groups in total. The summed E-state index contributed by atoms with van der Waals surface area (Å²) < 4.78 is 26.6. The first kappa shape index (κ1) is 16.9. The molecule has 8 nitrogen and oxygen atoms in total. The van der Waals surface area contributed by atoms with Crippen LogP contribution >= 0.6 is 0 Å². The molecule has 1 aromatic heterocycles. The van der Waals surface area contributed by atoms with Crippen molar-refractivity contribution in [2.24, 2.45) is 13.0 Å². The van der Waals surface area contributed by atoms with Gasteiger partial charge in [-0.25, -0.2) is 13.4 Å². The van der Waals surface area contributed by atoms with Gasteiger partial charge in [0.15, 0.2) is 0 Å². The van der Waals surface area contributed by atoms with Gasteiger partial charge in [0.05, 0.1) is 12.6 Å². The maximum Gasteiger partial charge on any atom is 0.271 e. The first-order chi connectivity index (χ1) is 10.2. The molecule has 0 bridgehead atoms. The highest BCUT2D eigenvalue weighted by Gasteiger charge is 2.38. The lowest BCUT2D eigenvalue weighted by Gasteiger charge is -2.22. The number of hydrogen-bond donors (Lipinski definition) is 1. The van der Waals surface area contributed by atoms with E-state index in [-0.39, 0.29) is 17.9 Å². The predicted molar refractivity (Wildman–Crippen MR) is 82.9 cm³/mol. The van der Waals surface area contributed by atoms with Gasteiger partial charge in [-0.05, 0) is 14.1 Å². The molecule has 22 heavy (non-hydrogen) atoms. The Labute approximate surface area is 131 Å². The molecule has 1 amide bonds. The van der Waals surface area contributed by atoms with Crippen LogP contribution in [0.4, 0.5) is 0 Å². The summed E-state index contributed by atoms with van der Waals surface area (Å²) in [7, 11) is 2.40.